The maximum atomic E-state index is 11.3. The molecule has 0 saturated carbocycles. The molecule has 1 N–H and O–H groups in total. The Bertz CT molecular complexity index is 386. The van der Waals surface area contributed by atoms with Crippen LogP contribution in [0.1, 0.15) is 12.2 Å². The van der Waals surface area contributed by atoms with Gasteiger partial charge in [0.15, 0.2) is 0 Å². The number of rotatable bonds is 5. The van der Waals surface area contributed by atoms with Gasteiger partial charge >= 0.3 is 0 Å². The normalized spacial score (nSPS) is 10.8. The lowest BCUT2D eigenvalue weighted by atomic mass is 10.3. The molecule has 1 aromatic rings. The molecule has 1 aromatic heterocycles. The van der Waals surface area contributed by atoms with Crippen LogP contribution in [0.3, 0.4) is 0 Å². The zero-order valence-corrected chi connectivity index (χ0v) is 10.4. The predicted molar refractivity (Wildman–Crippen MR) is 66.0 cm³/mol. The Balaban J connectivity index is 2.58. The number of anilines is 1. The maximum Gasteiger partial charge on any atom is 0.252 e. The molecule has 0 bridgehead atoms. The van der Waals surface area contributed by atoms with Crippen LogP contribution in [0.5, 0.6) is 0 Å². The molecule has 0 aromatic carbocycles. The summed E-state index contributed by atoms with van der Waals surface area (Å²) in [5, 5.41) is 0. The average Bonchev–Trinajstić information content (AvgIpc) is 2.15. The number of nitrogens with zero attached hydrogens (tertiary/aromatic N) is 3. The molecular weight excluding hydrogens is 204 g/mol. The largest absolute Gasteiger partial charge is 0.359 e. The maximum absolute atomic E-state index is 11.3. The molecule has 1 rings (SSSR count). The van der Waals surface area contributed by atoms with Gasteiger partial charge in [0.2, 0.25) is 0 Å². The van der Waals surface area contributed by atoms with Crippen LogP contribution in [-0.2, 0) is 0 Å². The van der Waals surface area contributed by atoms with E-state index in [-0.39, 0.29) is 5.56 Å². The second-order valence-electron chi connectivity index (χ2n) is 4.27. The Kier molecular flexibility index (Phi) is 4.49. The van der Waals surface area contributed by atoms with Crippen LogP contribution >= 0.6 is 0 Å². The third-order valence-electron chi connectivity index (χ3n) is 2.34. The number of aryl methyl sites for hydroxylation is 1. The number of aromatic nitrogens is 2. The summed E-state index contributed by atoms with van der Waals surface area (Å²) in [6.07, 6.45) is 1.05. The molecule has 16 heavy (non-hydrogen) atoms. The summed E-state index contributed by atoms with van der Waals surface area (Å²) in [6, 6.07) is 1.53. The van der Waals surface area contributed by atoms with Gasteiger partial charge in [0.25, 0.3) is 5.56 Å². The van der Waals surface area contributed by atoms with Crippen molar-refractivity contribution in [3.63, 3.8) is 0 Å². The van der Waals surface area contributed by atoms with Crippen molar-refractivity contribution in [1.82, 2.24) is 14.9 Å². The Morgan fingerprint density at radius 1 is 1.31 bits per heavy atom. The minimum atomic E-state index is -0.0954. The van der Waals surface area contributed by atoms with E-state index in [0.29, 0.717) is 5.82 Å². The minimum Gasteiger partial charge on any atom is -0.359 e. The number of hydrogen-bond donors (Lipinski definition) is 1. The van der Waals surface area contributed by atoms with Gasteiger partial charge in [0.05, 0.1) is 0 Å². The van der Waals surface area contributed by atoms with Crippen LogP contribution in [0.15, 0.2) is 10.9 Å². The third-order valence-corrected chi connectivity index (χ3v) is 2.34. The Morgan fingerprint density at radius 2 is 2.00 bits per heavy atom. The van der Waals surface area contributed by atoms with Crippen molar-refractivity contribution in [2.75, 3.05) is 39.1 Å². The second kappa shape index (κ2) is 5.65. The minimum absolute atomic E-state index is 0.0954. The van der Waals surface area contributed by atoms with E-state index in [4.69, 9.17) is 0 Å². The highest BCUT2D eigenvalue weighted by molar-refractivity contribution is 5.35. The predicted octanol–water partition coefficient (Wildman–Crippen LogP) is 0.466. The molecular formula is C11H20N4O. The number of hydrogen-bond acceptors (Lipinski definition) is 4. The fourth-order valence-electron chi connectivity index (χ4n) is 1.50. The molecule has 5 nitrogen and oxygen atoms in total. The molecule has 5 heteroatoms. The van der Waals surface area contributed by atoms with E-state index in [9.17, 15) is 4.79 Å². The van der Waals surface area contributed by atoms with Crippen LogP contribution in [0, 0.1) is 6.92 Å². The number of H-pyrrole nitrogens is 1. The molecule has 0 aliphatic rings. The lowest BCUT2D eigenvalue weighted by molar-refractivity contribution is 0.401. The van der Waals surface area contributed by atoms with E-state index >= 15 is 0 Å². The van der Waals surface area contributed by atoms with E-state index in [2.05, 4.69) is 29.0 Å². The van der Waals surface area contributed by atoms with Gasteiger partial charge in [-0.3, -0.25) is 4.79 Å². The summed E-state index contributed by atoms with van der Waals surface area (Å²) in [7, 11) is 6.06. The summed E-state index contributed by atoms with van der Waals surface area (Å²) in [5.74, 6) is 1.39. The van der Waals surface area contributed by atoms with Gasteiger partial charge in [-0.1, -0.05) is 0 Å². The van der Waals surface area contributed by atoms with Crippen molar-refractivity contribution >= 4 is 5.82 Å². The van der Waals surface area contributed by atoms with E-state index in [1.165, 1.54) is 6.07 Å². The van der Waals surface area contributed by atoms with Crippen LogP contribution in [0.2, 0.25) is 0 Å². The highest BCUT2D eigenvalue weighted by atomic mass is 16.1. The smallest absolute Gasteiger partial charge is 0.252 e. The lowest BCUT2D eigenvalue weighted by Gasteiger charge is -2.19. The molecule has 0 spiro atoms. The molecule has 0 unspecified atom stereocenters. The van der Waals surface area contributed by atoms with Crippen molar-refractivity contribution in [1.29, 1.82) is 0 Å². The van der Waals surface area contributed by atoms with Gasteiger partial charge in [-0.05, 0) is 34.0 Å². The topological polar surface area (TPSA) is 52.2 Å². The highest BCUT2D eigenvalue weighted by Gasteiger charge is 2.04. The molecule has 0 saturated heterocycles. The number of aromatic amines is 1. The zero-order chi connectivity index (χ0) is 12.1. The van der Waals surface area contributed by atoms with Gasteiger partial charge in [0, 0.05) is 19.7 Å². The van der Waals surface area contributed by atoms with Crippen LogP contribution in [0.25, 0.3) is 0 Å². The van der Waals surface area contributed by atoms with Gasteiger partial charge < -0.3 is 14.8 Å². The first-order valence-electron chi connectivity index (χ1n) is 5.43. The number of nitrogens with one attached hydrogen (secondary N) is 1. The molecule has 90 valence electrons. The van der Waals surface area contributed by atoms with Gasteiger partial charge in [-0.15, -0.1) is 0 Å². The van der Waals surface area contributed by atoms with Crippen LogP contribution in [0.4, 0.5) is 5.82 Å². The van der Waals surface area contributed by atoms with E-state index in [0.717, 1.165) is 25.3 Å². The summed E-state index contributed by atoms with van der Waals surface area (Å²) in [4.78, 5) is 22.3. The highest BCUT2D eigenvalue weighted by Crippen LogP contribution is 2.05. The Morgan fingerprint density at radius 3 is 2.56 bits per heavy atom. The van der Waals surface area contributed by atoms with Crippen LogP contribution in [-0.4, -0.2) is 49.1 Å². The Labute approximate surface area is 96.1 Å². The fourth-order valence-corrected chi connectivity index (χ4v) is 1.50. The van der Waals surface area contributed by atoms with Crippen molar-refractivity contribution in [2.24, 2.45) is 0 Å². The van der Waals surface area contributed by atoms with Gasteiger partial charge in [0.1, 0.15) is 11.6 Å². The van der Waals surface area contributed by atoms with Crippen molar-refractivity contribution in [3.8, 4) is 0 Å². The quantitative estimate of drug-likeness (QED) is 0.789. The van der Waals surface area contributed by atoms with Crippen LogP contribution < -0.4 is 10.5 Å². The molecule has 1 heterocycles. The summed E-state index contributed by atoms with van der Waals surface area (Å²) in [6.45, 7) is 3.72. The molecule has 0 amide bonds. The van der Waals surface area contributed by atoms with E-state index in [1.807, 2.05) is 11.9 Å². The van der Waals surface area contributed by atoms with Crippen molar-refractivity contribution in [2.45, 2.75) is 13.3 Å². The van der Waals surface area contributed by atoms with Gasteiger partial charge in [-0.2, -0.15) is 0 Å². The first-order valence-corrected chi connectivity index (χ1v) is 5.43. The van der Waals surface area contributed by atoms with Gasteiger partial charge in [-0.25, -0.2) is 4.98 Å². The summed E-state index contributed by atoms with van der Waals surface area (Å²) < 4.78 is 0. The molecule has 0 radical (unpaired) electrons. The van der Waals surface area contributed by atoms with E-state index < -0.39 is 0 Å². The SMILES string of the molecule is Cc1nc(N(C)CCCN(C)C)cc(=O)[nH]1. The summed E-state index contributed by atoms with van der Waals surface area (Å²) in [5.41, 5.74) is -0.0954. The fraction of sp³-hybridized carbons (Fsp3) is 0.636. The molecule has 0 atom stereocenters. The van der Waals surface area contributed by atoms with Crippen molar-refractivity contribution < 1.29 is 0 Å². The second-order valence-corrected chi connectivity index (χ2v) is 4.27. The average molecular weight is 224 g/mol. The molecule has 0 aliphatic carbocycles. The zero-order valence-electron chi connectivity index (χ0n) is 10.4. The standard InChI is InChI=1S/C11H20N4O/c1-9-12-10(8-11(16)13-9)15(4)7-5-6-14(2)3/h8H,5-7H2,1-4H3,(H,12,13,16). The third kappa shape index (κ3) is 4.02. The van der Waals surface area contributed by atoms with E-state index in [1.54, 1.807) is 6.92 Å². The Hall–Kier alpha value is -1.36. The van der Waals surface area contributed by atoms with Crippen molar-refractivity contribution in [3.05, 3.63) is 22.2 Å². The first-order chi connectivity index (χ1) is 7.49. The monoisotopic (exact) mass is 224 g/mol. The molecule has 0 aliphatic heterocycles. The molecule has 0 fully saturated rings. The lowest BCUT2D eigenvalue weighted by Crippen LogP contribution is -2.25. The first kappa shape index (κ1) is 12.7. The summed E-state index contributed by atoms with van der Waals surface area (Å²) >= 11 is 0.